The SMILES string of the molecule is O=C(N[C@@H](Cc1ccccc1)B(O)O)OCC12CCC(CC1)C2. The van der Waals surface area contributed by atoms with Crippen LogP contribution in [0.4, 0.5) is 4.79 Å². The van der Waals surface area contributed by atoms with Crippen molar-refractivity contribution < 1.29 is 19.6 Å². The predicted octanol–water partition coefficient (Wildman–Crippen LogP) is 1.92. The summed E-state index contributed by atoms with van der Waals surface area (Å²) in [4.78, 5) is 12.0. The third-order valence-corrected chi connectivity index (χ3v) is 5.36. The number of nitrogens with one attached hydrogen (secondary N) is 1. The lowest BCUT2D eigenvalue weighted by atomic mass is 9.76. The molecule has 2 aliphatic rings. The summed E-state index contributed by atoms with van der Waals surface area (Å²) in [7, 11) is -1.62. The monoisotopic (exact) mass is 317 g/mol. The molecule has 3 N–H and O–H groups in total. The van der Waals surface area contributed by atoms with E-state index in [0.717, 1.165) is 30.7 Å². The zero-order valence-corrected chi connectivity index (χ0v) is 13.3. The molecule has 0 heterocycles. The average Bonchev–Trinajstić information content (AvgIpc) is 3.14. The minimum absolute atomic E-state index is 0.175. The van der Waals surface area contributed by atoms with Crippen molar-refractivity contribution in [2.75, 3.05) is 6.61 Å². The Morgan fingerprint density at radius 3 is 2.57 bits per heavy atom. The third kappa shape index (κ3) is 4.06. The number of ether oxygens (including phenoxy) is 1. The number of hydrogen-bond acceptors (Lipinski definition) is 4. The average molecular weight is 317 g/mol. The highest BCUT2D eigenvalue weighted by Gasteiger charge is 2.45. The summed E-state index contributed by atoms with van der Waals surface area (Å²) >= 11 is 0. The Bertz CT molecular complexity index is 529. The van der Waals surface area contributed by atoms with Crippen molar-refractivity contribution in [3.05, 3.63) is 35.9 Å². The van der Waals surface area contributed by atoms with Gasteiger partial charge in [0.25, 0.3) is 0 Å². The molecule has 1 aromatic carbocycles. The molecule has 5 nitrogen and oxygen atoms in total. The van der Waals surface area contributed by atoms with Gasteiger partial charge in [0.1, 0.15) is 0 Å². The predicted molar refractivity (Wildman–Crippen MR) is 87.6 cm³/mol. The fourth-order valence-corrected chi connectivity index (χ4v) is 4.02. The van der Waals surface area contributed by atoms with Crippen LogP contribution in [0.5, 0.6) is 0 Å². The molecule has 23 heavy (non-hydrogen) atoms. The summed E-state index contributed by atoms with van der Waals surface area (Å²) in [5.74, 6) is 0.0362. The maximum absolute atomic E-state index is 12.0. The van der Waals surface area contributed by atoms with Gasteiger partial charge in [0.05, 0.1) is 12.5 Å². The van der Waals surface area contributed by atoms with Gasteiger partial charge in [-0.05, 0) is 50.0 Å². The van der Waals surface area contributed by atoms with Gasteiger partial charge in [0.2, 0.25) is 0 Å². The van der Waals surface area contributed by atoms with Crippen LogP contribution < -0.4 is 5.32 Å². The van der Waals surface area contributed by atoms with E-state index in [1.54, 1.807) is 0 Å². The van der Waals surface area contributed by atoms with Gasteiger partial charge < -0.3 is 20.1 Å². The number of hydrogen-bond donors (Lipinski definition) is 3. The molecule has 0 radical (unpaired) electrons. The number of benzene rings is 1. The summed E-state index contributed by atoms with van der Waals surface area (Å²) < 4.78 is 5.39. The molecular formula is C17H24BNO4. The first kappa shape index (κ1) is 16.3. The van der Waals surface area contributed by atoms with Gasteiger partial charge in [-0.1, -0.05) is 30.3 Å². The van der Waals surface area contributed by atoms with Crippen LogP contribution in [0.2, 0.25) is 0 Å². The molecule has 1 atom stereocenters. The molecule has 0 aliphatic heterocycles. The fourth-order valence-electron chi connectivity index (χ4n) is 4.02. The van der Waals surface area contributed by atoms with E-state index in [1.165, 1.54) is 12.8 Å². The molecule has 0 saturated heterocycles. The molecule has 0 spiro atoms. The highest BCUT2D eigenvalue weighted by molar-refractivity contribution is 6.43. The van der Waals surface area contributed by atoms with Gasteiger partial charge in [-0.3, -0.25) is 0 Å². The second kappa shape index (κ2) is 6.93. The number of carbonyl (C=O) groups excluding carboxylic acids is 1. The molecule has 2 saturated carbocycles. The largest absolute Gasteiger partial charge is 0.475 e. The Balaban J connectivity index is 1.50. The lowest BCUT2D eigenvalue weighted by molar-refractivity contribution is 0.0842. The van der Waals surface area contributed by atoms with Crippen LogP contribution in [-0.4, -0.2) is 35.8 Å². The Hall–Kier alpha value is -1.53. The summed E-state index contributed by atoms with van der Waals surface area (Å²) in [5, 5.41) is 21.6. The summed E-state index contributed by atoms with van der Waals surface area (Å²) in [6.45, 7) is 0.439. The second-order valence-electron chi connectivity index (χ2n) is 7.08. The zero-order valence-electron chi connectivity index (χ0n) is 13.3. The standard InChI is InChI=1S/C17H24BNO4/c20-16(23-12-17-8-6-14(11-17)7-9-17)19-15(18(21)22)10-13-4-2-1-3-5-13/h1-5,14-15,21-22H,6-12H2,(H,19,20)/t14?,15-,17?/m0/s1. The Kier molecular flexibility index (Phi) is 4.92. The lowest BCUT2D eigenvalue weighted by Crippen LogP contribution is -2.48. The van der Waals surface area contributed by atoms with Crippen LogP contribution in [-0.2, 0) is 11.2 Å². The summed E-state index contributed by atoms with van der Waals surface area (Å²) in [6, 6.07) is 9.43. The van der Waals surface area contributed by atoms with Gasteiger partial charge in [0, 0.05) is 5.41 Å². The number of rotatable bonds is 6. The van der Waals surface area contributed by atoms with Crippen molar-refractivity contribution in [2.24, 2.45) is 11.3 Å². The first-order valence-corrected chi connectivity index (χ1v) is 8.40. The zero-order chi connectivity index (χ0) is 16.3. The van der Waals surface area contributed by atoms with Crippen LogP contribution in [0.3, 0.4) is 0 Å². The minimum atomic E-state index is -1.62. The van der Waals surface area contributed by atoms with Crippen LogP contribution in [0.1, 0.15) is 37.7 Å². The van der Waals surface area contributed by atoms with Gasteiger partial charge in [0.15, 0.2) is 0 Å². The Morgan fingerprint density at radius 1 is 1.30 bits per heavy atom. The van der Waals surface area contributed by atoms with Crippen molar-refractivity contribution >= 4 is 13.2 Å². The van der Waals surface area contributed by atoms with E-state index in [-0.39, 0.29) is 5.41 Å². The minimum Gasteiger partial charge on any atom is -0.449 e. The number of alkyl carbamates (subject to hydrolysis) is 1. The lowest BCUT2D eigenvalue weighted by Gasteiger charge is -2.26. The molecule has 1 amide bonds. The molecule has 124 valence electrons. The van der Waals surface area contributed by atoms with Crippen molar-refractivity contribution in [1.82, 2.24) is 5.32 Å². The van der Waals surface area contributed by atoms with Crippen molar-refractivity contribution in [3.8, 4) is 0 Å². The van der Waals surface area contributed by atoms with E-state index in [2.05, 4.69) is 5.32 Å². The summed E-state index contributed by atoms with van der Waals surface area (Å²) in [5.41, 5.74) is 1.10. The maximum Gasteiger partial charge on any atom is 0.475 e. The van der Waals surface area contributed by atoms with Crippen LogP contribution in [0.15, 0.2) is 30.3 Å². The van der Waals surface area contributed by atoms with Crippen LogP contribution >= 0.6 is 0 Å². The molecule has 1 aromatic rings. The molecule has 3 rings (SSSR count). The molecule has 0 unspecified atom stereocenters. The van der Waals surface area contributed by atoms with Gasteiger partial charge >= 0.3 is 13.2 Å². The molecule has 6 heteroatoms. The number of carbonyl (C=O) groups is 1. The van der Waals surface area contributed by atoms with Crippen molar-refractivity contribution in [3.63, 3.8) is 0 Å². The Labute approximate surface area is 137 Å². The highest BCUT2D eigenvalue weighted by atomic mass is 16.5. The molecule has 2 aliphatic carbocycles. The molecule has 2 bridgehead atoms. The van der Waals surface area contributed by atoms with Crippen LogP contribution in [0.25, 0.3) is 0 Å². The first-order valence-electron chi connectivity index (χ1n) is 8.40. The van der Waals surface area contributed by atoms with E-state index >= 15 is 0 Å². The molecule has 0 aromatic heterocycles. The normalized spacial score (nSPS) is 26.8. The molecule has 2 fully saturated rings. The van der Waals surface area contributed by atoms with Crippen molar-refractivity contribution in [2.45, 2.75) is 44.5 Å². The second-order valence-corrected chi connectivity index (χ2v) is 7.08. The quantitative estimate of drug-likeness (QED) is 0.701. The van der Waals surface area contributed by atoms with E-state index in [1.807, 2.05) is 30.3 Å². The van der Waals surface area contributed by atoms with Crippen LogP contribution in [0, 0.1) is 11.3 Å². The van der Waals surface area contributed by atoms with Gasteiger partial charge in [-0.15, -0.1) is 0 Å². The number of amides is 1. The highest BCUT2D eigenvalue weighted by Crippen LogP contribution is 2.54. The molecular weight excluding hydrogens is 293 g/mol. The fraction of sp³-hybridized carbons (Fsp3) is 0.588. The van der Waals surface area contributed by atoms with E-state index in [4.69, 9.17) is 4.74 Å². The Morgan fingerprint density at radius 2 is 2.00 bits per heavy atom. The first-order chi connectivity index (χ1) is 11.1. The smallest absolute Gasteiger partial charge is 0.449 e. The van der Waals surface area contributed by atoms with Crippen molar-refractivity contribution in [1.29, 1.82) is 0 Å². The van der Waals surface area contributed by atoms with E-state index < -0.39 is 19.2 Å². The number of fused-ring (bicyclic) bond motifs is 2. The third-order valence-electron chi connectivity index (χ3n) is 5.36. The maximum atomic E-state index is 12.0. The van der Waals surface area contributed by atoms with Gasteiger partial charge in [-0.25, -0.2) is 4.79 Å². The van der Waals surface area contributed by atoms with E-state index in [0.29, 0.717) is 13.0 Å². The summed E-state index contributed by atoms with van der Waals surface area (Å²) in [6.07, 6.45) is 5.72. The van der Waals surface area contributed by atoms with E-state index in [9.17, 15) is 14.8 Å². The topological polar surface area (TPSA) is 78.8 Å². The van der Waals surface area contributed by atoms with Gasteiger partial charge in [-0.2, -0.15) is 0 Å².